The summed E-state index contributed by atoms with van der Waals surface area (Å²) in [6.45, 7) is 4.12. The number of hydrogen-bond acceptors (Lipinski definition) is 4. The number of aliphatic imine (C=N–C) groups is 1. The molecule has 2 N–H and O–H groups in total. The van der Waals surface area contributed by atoms with Crippen molar-refractivity contribution in [2.24, 2.45) is 4.99 Å². The van der Waals surface area contributed by atoms with Gasteiger partial charge in [-0.15, -0.1) is 0 Å². The van der Waals surface area contributed by atoms with Gasteiger partial charge in [0, 0.05) is 19.8 Å². The van der Waals surface area contributed by atoms with Crippen LogP contribution in [0.5, 0.6) is 0 Å². The van der Waals surface area contributed by atoms with E-state index in [-0.39, 0.29) is 6.54 Å². The summed E-state index contributed by atoms with van der Waals surface area (Å²) in [5.74, 6) is 1.32. The Bertz CT molecular complexity index is 518. The fourth-order valence-electron chi connectivity index (χ4n) is 1.23. The van der Waals surface area contributed by atoms with Crippen LogP contribution in [0.15, 0.2) is 27.8 Å². The van der Waals surface area contributed by atoms with E-state index in [0.717, 1.165) is 5.76 Å². The van der Waals surface area contributed by atoms with E-state index >= 15 is 0 Å². The molecule has 0 saturated carbocycles. The molecule has 7 heteroatoms. The normalized spacial score (nSPS) is 13.4. The van der Waals surface area contributed by atoms with Crippen LogP contribution in [0.2, 0.25) is 0 Å². The maximum absolute atomic E-state index is 11.6. The molecule has 0 aliphatic rings. The highest BCUT2D eigenvalue weighted by atomic mass is 32.2. The Labute approximate surface area is 114 Å². The Morgan fingerprint density at radius 2 is 2.11 bits per heavy atom. The molecule has 0 aliphatic carbocycles. The third kappa shape index (κ3) is 4.59. The molecular weight excluding hydrogens is 266 g/mol. The monoisotopic (exact) mass is 287 g/mol. The first kappa shape index (κ1) is 15.6. The van der Waals surface area contributed by atoms with Crippen molar-refractivity contribution in [2.75, 3.05) is 19.8 Å². The zero-order valence-corrected chi connectivity index (χ0v) is 12.5. The fourth-order valence-corrected chi connectivity index (χ4v) is 1.57. The van der Waals surface area contributed by atoms with E-state index in [1.807, 2.05) is 6.07 Å². The van der Waals surface area contributed by atoms with E-state index < -0.39 is 14.6 Å². The molecule has 19 heavy (non-hydrogen) atoms. The Hall–Kier alpha value is -1.50. The molecule has 0 unspecified atom stereocenters. The Morgan fingerprint density at radius 3 is 2.58 bits per heavy atom. The topological polar surface area (TPSA) is 83.7 Å². The van der Waals surface area contributed by atoms with E-state index in [4.69, 9.17) is 4.42 Å². The van der Waals surface area contributed by atoms with Crippen LogP contribution in [-0.4, -0.2) is 39.0 Å². The van der Waals surface area contributed by atoms with Gasteiger partial charge in [-0.3, -0.25) is 4.99 Å². The number of nitrogens with one attached hydrogen (secondary N) is 2. The molecule has 1 heterocycles. The van der Waals surface area contributed by atoms with Gasteiger partial charge in [-0.2, -0.15) is 0 Å². The first-order valence-electron chi connectivity index (χ1n) is 5.93. The van der Waals surface area contributed by atoms with E-state index in [1.165, 1.54) is 6.26 Å². The molecule has 0 radical (unpaired) electrons. The lowest BCUT2D eigenvalue weighted by molar-refractivity contribution is 0.500. The van der Waals surface area contributed by atoms with Crippen LogP contribution in [-0.2, 0) is 16.4 Å². The maximum atomic E-state index is 11.6. The number of hydrogen-bond donors (Lipinski definition) is 2. The third-order valence-electron chi connectivity index (χ3n) is 2.92. The first-order valence-corrected chi connectivity index (χ1v) is 7.82. The molecule has 0 aliphatic heterocycles. The van der Waals surface area contributed by atoms with Gasteiger partial charge in [-0.1, -0.05) is 0 Å². The van der Waals surface area contributed by atoms with Crippen molar-refractivity contribution in [2.45, 2.75) is 25.1 Å². The molecule has 0 saturated heterocycles. The summed E-state index contributed by atoms with van der Waals surface area (Å²) in [7, 11) is -1.50. The SMILES string of the molecule is CN=C(NCc1ccco1)NCC(C)(C)S(C)(=O)=O. The largest absolute Gasteiger partial charge is 0.467 e. The molecule has 0 spiro atoms. The minimum atomic E-state index is -3.13. The Balaban J connectivity index is 2.50. The summed E-state index contributed by atoms with van der Waals surface area (Å²) in [6.07, 6.45) is 2.83. The minimum absolute atomic E-state index is 0.281. The molecule has 1 aromatic rings. The van der Waals surface area contributed by atoms with Gasteiger partial charge in [-0.25, -0.2) is 8.42 Å². The highest BCUT2D eigenvalue weighted by Gasteiger charge is 2.30. The predicted molar refractivity (Wildman–Crippen MR) is 75.8 cm³/mol. The highest BCUT2D eigenvalue weighted by molar-refractivity contribution is 7.92. The van der Waals surface area contributed by atoms with Gasteiger partial charge < -0.3 is 15.1 Å². The lowest BCUT2D eigenvalue weighted by atomic mass is 10.2. The van der Waals surface area contributed by atoms with Gasteiger partial charge >= 0.3 is 0 Å². The summed E-state index contributed by atoms with van der Waals surface area (Å²) in [4.78, 5) is 4.03. The summed E-state index contributed by atoms with van der Waals surface area (Å²) in [5.41, 5.74) is 0. The molecule has 6 nitrogen and oxygen atoms in total. The molecule has 1 aromatic heterocycles. The summed E-state index contributed by atoms with van der Waals surface area (Å²) in [6, 6.07) is 3.65. The predicted octanol–water partition coefficient (Wildman–Crippen LogP) is 0.768. The van der Waals surface area contributed by atoms with Gasteiger partial charge in [0.2, 0.25) is 0 Å². The molecule has 0 aromatic carbocycles. The zero-order chi connectivity index (χ0) is 14.5. The van der Waals surface area contributed by atoms with Gasteiger partial charge in [-0.05, 0) is 26.0 Å². The van der Waals surface area contributed by atoms with E-state index in [0.29, 0.717) is 12.5 Å². The zero-order valence-electron chi connectivity index (χ0n) is 11.7. The number of nitrogens with zero attached hydrogens (tertiary/aromatic N) is 1. The van der Waals surface area contributed by atoms with Gasteiger partial charge in [0.05, 0.1) is 17.6 Å². The van der Waals surface area contributed by atoms with Gasteiger partial charge in [0.1, 0.15) is 5.76 Å². The Morgan fingerprint density at radius 1 is 1.42 bits per heavy atom. The second kappa shape index (κ2) is 6.10. The summed E-state index contributed by atoms with van der Waals surface area (Å²) >= 11 is 0. The third-order valence-corrected chi connectivity index (χ3v) is 5.07. The van der Waals surface area contributed by atoms with Crippen LogP contribution in [0.3, 0.4) is 0 Å². The van der Waals surface area contributed by atoms with Crippen LogP contribution < -0.4 is 10.6 Å². The highest BCUT2D eigenvalue weighted by Crippen LogP contribution is 2.13. The van der Waals surface area contributed by atoms with Crippen LogP contribution in [0.25, 0.3) is 0 Å². The van der Waals surface area contributed by atoms with Crippen LogP contribution >= 0.6 is 0 Å². The molecule has 1 rings (SSSR count). The summed E-state index contributed by atoms with van der Waals surface area (Å²) < 4.78 is 27.5. The van der Waals surface area contributed by atoms with Crippen molar-refractivity contribution in [3.63, 3.8) is 0 Å². The number of guanidine groups is 1. The van der Waals surface area contributed by atoms with Crippen LogP contribution in [0.1, 0.15) is 19.6 Å². The second-order valence-corrected chi connectivity index (χ2v) is 7.54. The quantitative estimate of drug-likeness (QED) is 0.617. The Kier molecular flexibility index (Phi) is 4.99. The van der Waals surface area contributed by atoms with Crippen LogP contribution in [0, 0.1) is 0 Å². The molecule has 0 amide bonds. The van der Waals surface area contributed by atoms with Crippen molar-refractivity contribution in [3.05, 3.63) is 24.2 Å². The van der Waals surface area contributed by atoms with Crippen molar-refractivity contribution in [3.8, 4) is 0 Å². The maximum Gasteiger partial charge on any atom is 0.191 e. The van der Waals surface area contributed by atoms with Crippen molar-refractivity contribution in [1.82, 2.24) is 10.6 Å². The molecular formula is C12H21N3O3S. The van der Waals surface area contributed by atoms with E-state index in [9.17, 15) is 8.42 Å². The van der Waals surface area contributed by atoms with Gasteiger partial charge in [0.15, 0.2) is 15.8 Å². The average Bonchev–Trinajstić information content (AvgIpc) is 2.80. The minimum Gasteiger partial charge on any atom is -0.467 e. The van der Waals surface area contributed by atoms with Crippen molar-refractivity contribution < 1.29 is 12.8 Å². The fraction of sp³-hybridized carbons (Fsp3) is 0.583. The van der Waals surface area contributed by atoms with E-state index in [1.54, 1.807) is 33.2 Å². The standard InChI is InChI=1S/C12H21N3O3S/c1-12(2,19(4,16)17)9-15-11(13-3)14-8-10-6-5-7-18-10/h5-7H,8-9H2,1-4H3,(H2,13,14,15). The van der Waals surface area contributed by atoms with Crippen molar-refractivity contribution in [1.29, 1.82) is 0 Å². The molecule has 108 valence electrons. The molecule has 0 bridgehead atoms. The lowest BCUT2D eigenvalue weighted by Gasteiger charge is -2.24. The molecule has 0 fully saturated rings. The summed E-state index contributed by atoms with van der Waals surface area (Å²) in [5, 5.41) is 6.04. The first-order chi connectivity index (χ1) is 8.76. The molecule has 0 atom stereocenters. The lowest BCUT2D eigenvalue weighted by Crippen LogP contribution is -2.47. The average molecular weight is 287 g/mol. The van der Waals surface area contributed by atoms with E-state index in [2.05, 4.69) is 15.6 Å². The number of rotatable bonds is 5. The second-order valence-electron chi connectivity index (χ2n) is 4.89. The van der Waals surface area contributed by atoms with Gasteiger partial charge in [0.25, 0.3) is 0 Å². The smallest absolute Gasteiger partial charge is 0.191 e. The number of furan rings is 1. The van der Waals surface area contributed by atoms with Crippen LogP contribution in [0.4, 0.5) is 0 Å². The van der Waals surface area contributed by atoms with Crippen molar-refractivity contribution >= 4 is 15.8 Å². The number of sulfone groups is 1.